The maximum atomic E-state index is 12.8. The third-order valence-corrected chi connectivity index (χ3v) is 4.58. The fraction of sp³-hybridized carbons (Fsp3) is 0.526. The highest BCUT2D eigenvalue weighted by Crippen LogP contribution is 2.15. The molecular formula is C19H26N4O3. The minimum Gasteiger partial charge on any atom is -0.372 e. The Bertz CT molecular complexity index is 851. The van der Waals surface area contributed by atoms with Gasteiger partial charge in [-0.1, -0.05) is 12.1 Å². The summed E-state index contributed by atoms with van der Waals surface area (Å²) < 4.78 is 7.34. The Morgan fingerprint density at radius 1 is 1.23 bits per heavy atom. The number of rotatable bonds is 4. The van der Waals surface area contributed by atoms with Crippen LogP contribution in [0.15, 0.2) is 29.1 Å². The second-order valence-electron chi connectivity index (χ2n) is 7.08. The molecule has 1 aromatic carbocycles. The van der Waals surface area contributed by atoms with E-state index in [2.05, 4.69) is 4.98 Å². The smallest absolute Gasteiger partial charge is 0.293 e. The van der Waals surface area contributed by atoms with Crippen molar-refractivity contribution < 1.29 is 9.53 Å². The first-order valence-corrected chi connectivity index (χ1v) is 8.97. The quantitative estimate of drug-likeness (QED) is 0.828. The van der Waals surface area contributed by atoms with Gasteiger partial charge < -0.3 is 19.1 Å². The van der Waals surface area contributed by atoms with Gasteiger partial charge in [-0.15, -0.1) is 0 Å². The Morgan fingerprint density at radius 2 is 1.88 bits per heavy atom. The van der Waals surface area contributed by atoms with E-state index in [1.807, 2.05) is 43.0 Å². The number of carbonyl (C=O) groups is 1. The lowest BCUT2D eigenvalue weighted by Gasteiger charge is -2.35. The molecule has 3 rings (SSSR count). The van der Waals surface area contributed by atoms with E-state index in [1.165, 1.54) is 0 Å². The zero-order chi connectivity index (χ0) is 18.8. The molecule has 0 N–H and O–H groups in total. The molecule has 0 bridgehead atoms. The molecule has 1 aliphatic rings. The lowest BCUT2D eigenvalue weighted by molar-refractivity contribution is -0.143. The second-order valence-corrected chi connectivity index (χ2v) is 7.08. The van der Waals surface area contributed by atoms with Crippen molar-refractivity contribution in [2.75, 3.05) is 32.1 Å². The maximum Gasteiger partial charge on any atom is 0.293 e. The third-order valence-electron chi connectivity index (χ3n) is 4.58. The summed E-state index contributed by atoms with van der Waals surface area (Å²) in [5.41, 5.74) is 1.32. The molecular weight excluding hydrogens is 332 g/mol. The van der Waals surface area contributed by atoms with Gasteiger partial charge in [-0.25, -0.2) is 4.98 Å². The highest BCUT2D eigenvalue weighted by atomic mass is 16.5. The van der Waals surface area contributed by atoms with Crippen LogP contribution in [-0.4, -0.2) is 59.8 Å². The molecule has 0 spiro atoms. The molecule has 0 radical (unpaired) electrons. The van der Waals surface area contributed by atoms with Crippen molar-refractivity contribution in [1.82, 2.24) is 14.5 Å². The Labute approximate surface area is 153 Å². The number of aryl methyl sites for hydroxylation is 1. The number of fused-ring (bicyclic) bond motifs is 1. The van der Waals surface area contributed by atoms with Gasteiger partial charge in [0.2, 0.25) is 5.91 Å². The van der Waals surface area contributed by atoms with Crippen molar-refractivity contribution in [1.29, 1.82) is 0 Å². The molecule has 2 heterocycles. The normalized spacial score (nSPS) is 20.4. The second kappa shape index (κ2) is 7.45. The first-order chi connectivity index (χ1) is 12.4. The summed E-state index contributed by atoms with van der Waals surface area (Å²) >= 11 is 0. The SMILES string of the molecule is CC1CN(C(=O)CCn2c(=O)c(N(C)C)nc3ccccc32)CC(C)O1. The van der Waals surface area contributed by atoms with E-state index >= 15 is 0 Å². The van der Waals surface area contributed by atoms with E-state index in [1.54, 1.807) is 23.6 Å². The molecule has 1 fully saturated rings. The van der Waals surface area contributed by atoms with Crippen LogP contribution in [0.2, 0.25) is 0 Å². The number of anilines is 1. The first kappa shape index (κ1) is 18.4. The third kappa shape index (κ3) is 3.72. The molecule has 140 valence electrons. The molecule has 2 unspecified atom stereocenters. The van der Waals surface area contributed by atoms with Gasteiger partial charge in [0.25, 0.3) is 5.56 Å². The highest BCUT2D eigenvalue weighted by molar-refractivity contribution is 5.78. The molecule has 1 saturated heterocycles. The summed E-state index contributed by atoms with van der Waals surface area (Å²) in [6, 6.07) is 7.52. The van der Waals surface area contributed by atoms with Gasteiger partial charge in [0.05, 0.1) is 23.2 Å². The van der Waals surface area contributed by atoms with Crippen LogP contribution in [-0.2, 0) is 16.1 Å². The molecule has 1 aromatic heterocycles. The number of hydrogen-bond donors (Lipinski definition) is 0. The zero-order valence-corrected chi connectivity index (χ0v) is 15.8. The van der Waals surface area contributed by atoms with Crippen molar-refractivity contribution in [2.45, 2.75) is 39.0 Å². The summed E-state index contributed by atoms with van der Waals surface area (Å²) in [6.07, 6.45) is 0.347. The zero-order valence-electron chi connectivity index (χ0n) is 15.8. The van der Waals surface area contributed by atoms with E-state index in [0.717, 1.165) is 11.0 Å². The van der Waals surface area contributed by atoms with E-state index in [9.17, 15) is 9.59 Å². The summed E-state index contributed by atoms with van der Waals surface area (Å²) in [5.74, 6) is 0.427. The Morgan fingerprint density at radius 3 is 2.54 bits per heavy atom. The van der Waals surface area contributed by atoms with Gasteiger partial charge in [-0.3, -0.25) is 9.59 Å². The fourth-order valence-corrected chi connectivity index (χ4v) is 3.44. The summed E-state index contributed by atoms with van der Waals surface area (Å²) in [4.78, 5) is 33.5. The van der Waals surface area contributed by atoms with Crippen molar-refractivity contribution >= 4 is 22.8 Å². The number of benzene rings is 1. The summed E-state index contributed by atoms with van der Waals surface area (Å²) in [6.45, 7) is 5.47. The number of nitrogens with zero attached hydrogens (tertiary/aromatic N) is 4. The van der Waals surface area contributed by atoms with E-state index in [0.29, 0.717) is 25.5 Å². The Balaban J connectivity index is 1.85. The van der Waals surface area contributed by atoms with Gasteiger partial charge in [0.15, 0.2) is 5.82 Å². The first-order valence-electron chi connectivity index (χ1n) is 8.97. The van der Waals surface area contributed by atoms with E-state index in [-0.39, 0.29) is 30.1 Å². The molecule has 2 aromatic rings. The number of amides is 1. The molecule has 1 aliphatic heterocycles. The van der Waals surface area contributed by atoms with Crippen LogP contribution in [0.4, 0.5) is 5.82 Å². The van der Waals surface area contributed by atoms with Crippen molar-refractivity contribution in [2.24, 2.45) is 0 Å². The van der Waals surface area contributed by atoms with Crippen molar-refractivity contribution in [3.63, 3.8) is 0 Å². The van der Waals surface area contributed by atoms with Crippen molar-refractivity contribution in [3.05, 3.63) is 34.6 Å². The molecule has 0 aliphatic carbocycles. The minimum absolute atomic E-state index is 0.0347. The number of carbonyl (C=O) groups excluding carboxylic acids is 1. The highest BCUT2D eigenvalue weighted by Gasteiger charge is 2.25. The number of morpholine rings is 1. The van der Waals surface area contributed by atoms with Gasteiger partial charge in [-0.2, -0.15) is 0 Å². The summed E-state index contributed by atoms with van der Waals surface area (Å²) in [5, 5.41) is 0. The maximum absolute atomic E-state index is 12.8. The molecule has 26 heavy (non-hydrogen) atoms. The molecule has 7 heteroatoms. The minimum atomic E-state index is -0.176. The number of aromatic nitrogens is 2. The van der Waals surface area contributed by atoms with Crippen LogP contribution in [0.5, 0.6) is 0 Å². The average molecular weight is 358 g/mol. The van der Waals surface area contributed by atoms with Crippen molar-refractivity contribution in [3.8, 4) is 0 Å². The molecule has 2 atom stereocenters. The largest absolute Gasteiger partial charge is 0.372 e. The average Bonchev–Trinajstić information content (AvgIpc) is 2.59. The number of ether oxygens (including phenoxy) is 1. The number of hydrogen-bond acceptors (Lipinski definition) is 5. The predicted molar refractivity (Wildman–Crippen MR) is 102 cm³/mol. The van der Waals surface area contributed by atoms with Crippen LogP contribution in [0, 0.1) is 0 Å². The van der Waals surface area contributed by atoms with Gasteiger partial charge >= 0.3 is 0 Å². The topological polar surface area (TPSA) is 67.7 Å². The standard InChI is InChI=1S/C19H26N4O3/c1-13-11-22(12-14(2)26-13)17(24)9-10-23-16-8-6-5-7-15(16)20-18(19(23)25)21(3)4/h5-8,13-14H,9-12H2,1-4H3. The van der Waals surface area contributed by atoms with Crippen LogP contribution >= 0.6 is 0 Å². The van der Waals surface area contributed by atoms with Crippen LogP contribution in [0.25, 0.3) is 11.0 Å². The van der Waals surface area contributed by atoms with E-state index < -0.39 is 0 Å². The van der Waals surface area contributed by atoms with Gasteiger partial charge in [-0.05, 0) is 26.0 Å². The van der Waals surface area contributed by atoms with E-state index in [4.69, 9.17) is 4.74 Å². The lowest BCUT2D eigenvalue weighted by Crippen LogP contribution is -2.48. The molecule has 7 nitrogen and oxygen atoms in total. The van der Waals surface area contributed by atoms with Gasteiger partial charge in [0, 0.05) is 40.2 Å². The van der Waals surface area contributed by atoms with Gasteiger partial charge in [0.1, 0.15) is 0 Å². The van der Waals surface area contributed by atoms with Crippen LogP contribution in [0.1, 0.15) is 20.3 Å². The monoisotopic (exact) mass is 358 g/mol. The predicted octanol–water partition coefficient (Wildman–Crippen LogP) is 1.49. The van der Waals surface area contributed by atoms with Crippen LogP contribution in [0.3, 0.4) is 0 Å². The van der Waals surface area contributed by atoms with Crippen LogP contribution < -0.4 is 10.5 Å². The molecule has 0 saturated carbocycles. The number of para-hydroxylation sites is 2. The summed E-state index contributed by atoms with van der Waals surface area (Å²) in [7, 11) is 3.59. The fourth-order valence-electron chi connectivity index (χ4n) is 3.44. The molecule has 1 amide bonds. The Hall–Kier alpha value is -2.41. The lowest BCUT2D eigenvalue weighted by atomic mass is 10.2. The Kier molecular flexibility index (Phi) is 5.27.